The molecule has 106 valence electrons. The van der Waals surface area contributed by atoms with Gasteiger partial charge in [0.15, 0.2) is 0 Å². The number of anilines is 2. The first-order valence-electron chi connectivity index (χ1n) is 6.78. The number of aryl methyl sites for hydroxylation is 2. The molecule has 1 N–H and O–H groups in total. The van der Waals surface area contributed by atoms with Crippen LogP contribution in [0.2, 0.25) is 5.02 Å². The van der Waals surface area contributed by atoms with Gasteiger partial charge in [-0.1, -0.05) is 35.9 Å². The van der Waals surface area contributed by atoms with Crippen LogP contribution in [-0.2, 0) is 0 Å². The monoisotopic (exact) mass is 297 g/mol. The lowest BCUT2D eigenvalue weighted by atomic mass is 10.2. The summed E-state index contributed by atoms with van der Waals surface area (Å²) in [6, 6.07) is 15.9. The lowest BCUT2D eigenvalue weighted by Crippen LogP contribution is -2.02. The van der Waals surface area contributed by atoms with E-state index in [1.807, 2.05) is 61.0 Å². The zero-order valence-electron chi connectivity index (χ0n) is 12.0. The third-order valence-electron chi connectivity index (χ3n) is 3.31. The third-order valence-corrected chi connectivity index (χ3v) is 3.54. The van der Waals surface area contributed by atoms with Gasteiger partial charge in [0.2, 0.25) is 5.95 Å². The molecule has 1 heterocycles. The molecule has 0 aliphatic heterocycles. The molecular formula is C17H16ClN3. The van der Waals surface area contributed by atoms with E-state index >= 15 is 0 Å². The molecule has 3 aromatic rings. The Hall–Kier alpha value is -2.26. The van der Waals surface area contributed by atoms with Crippen molar-refractivity contribution in [2.75, 3.05) is 5.32 Å². The van der Waals surface area contributed by atoms with Gasteiger partial charge in [-0.3, -0.25) is 4.57 Å². The molecule has 21 heavy (non-hydrogen) atoms. The quantitative estimate of drug-likeness (QED) is 0.746. The van der Waals surface area contributed by atoms with Crippen molar-refractivity contribution in [1.29, 1.82) is 0 Å². The molecule has 0 fully saturated rings. The predicted octanol–water partition coefficient (Wildman–Crippen LogP) is 4.89. The minimum absolute atomic E-state index is 0.706. The van der Waals surface area contributed by atoms with Gasteiger partial charge in [-0.25, -0.2) is 4.98 Å². The third kappa shape index (κ3) is 2.93. The Balaban J connectivity index is 2.02. The Labute approximate surface area is 129 Å². The van der Waals surface area contributed by atoms with Crippen LogP contribution in [0.4, 0.5) is 11.6 Å². The average Bonchev–Trinajstić information content (AvgIpc) is 2.85. The summed E-state index contributed by atoms with van der Waals surface area (Å²) in [6.07, 6.45) is 2.01. The smallest absolute Gasteiger partial charge is 0.212 e. The average molecular weight is 298 g/mol. The minimum atomic E-state index is 0.706. The number of rotatable bonds is 3. The summed E-state index contributed by atoms with van der Waals surface area (Å²) in [6.45, 7) is 4.02. The van der Waals surface area contributed by atoms with Gasteiger partial charge in [-0.15, -0.1) is 0 Å². The molecule has 3 rings (SSSR count). The molecule has 0 radical (unpaired) electrons. The number of hydrogen-bond donors (Lipinski definition) is 1. The molecule has 4 heteroatoms. The summed E-state index contributed by atoms with van der Waals surface area (Å²) < 4.78 is 2.04. The fourth-order valence-electron chi connectivity index (χ4n) is 2.22. The molecule has 0 saturated heterocycles. The number of benzene rings is 2. The first-order valence-corrected chi connectivity index (χ1v) is 7.16. The number of halogens is 1. The lowest BCUT2D eigenvalue weighted by Gasteiger charge is -2.12. The van der Waals surface area contributed by atoms with Gasteiger partial charge in [-0.2, -0.15) is 0 Å². The van der Waals surface area contributed by atoms with Crippen LogP contribution in [0.15, 0.2) is 54.7 Å². The summed E-state index contributed by atoms with van der Waals surface area (Å²) in [5.74, 6) is 0.782. The topological polar surface area (TPSA) is 29.9 Å². The van der Waals surface area contributed by atoms with Gasteiger partial charge in [0.05, 0.1) is 5.69 Å². The van der Waals surface area contributed by atoms with E-state index in [0.717, 1.165) is 28.6 Å². The summed E-state index contributed by atoms with van der Waals surface area (Å²) in [5.41, 5.74) is 4.12. The zero-order valence-corrected chi connectivity index (χ0v) is 12.7. The van der Waals surface area contributed by atoms with E-state index in [4.69, 9.17) is 11.6 Å². The maximum atomic E-state index is 6.08. The Morgan fingerprint density at radius 2 is 1.81 bits per heavy atom. The van der Waals surface area contributed by atoms with Crippen LogP contribution in [0.1, 0.15) is 11.3 Å². The number of nitrogens with zero attached hydrogens (tertiary/aromatic N) is 2. The van der Waals surface area contributed by atoms with Crippen LogP contribution in [0.25, 0.3) is 5.69 Å². The van der Waals surface area contributed by atoms with Crippen molar-refractivity contribution in [1.82, 2.24) is 9.55 Å². The predicted molar refractivity (Wildman–Crippen MR) is 87.8 cm³/mol. The van der Waals surface area contributed by atoms with Crippen LogP contribution >= 0.6 is 11.6 Å². The van der Waals surface area contributed by atoms with Crippen molar-refractivity contribution < 1.29 is 0 Å². The van der Waals surface area contributed by atoms with Gasteiger partial charge in [-0.05, 0) is 43.7 Å². The van der Waals surface area contributed by atoms with Crippen molar-refractivity contribution in [2.45, 2.75) is 13.8 Å². The molecule has 0 spiro atoms. The fourth-order valence-corrected chi connectivity index (χ4v) is 2.39. The fraction of sp³-hybridized carbons (Fsp3) is 0.118. The highest BCUT2D eigenvalue weighted by atomic mass is 35.5. The maximum absolute atomic E-state index is 6.08. The molecule has 0 aliphatic rings. The highest BCUT2D eigenvalue weighted by molar-refractivity contribution is 6.30. The van der Waals surface area contributed by atoms with E-state index in [9.17, 15) is 0 Å². The molecule has 3 nitrogen and oxygen atoms in total. The van der Waals surface area contributed by atoms with Crippen LogP contribution in [0.5, 0.6) is 0 Å². The van der Waals surface area contributed by atoms with E-state index in [0.29, 0.717) is 5.02 Å². The van der Waals surface area contributed by atoms with Gasteiger partial charge in [0.1, 0.15) is 0 Å². The van der Waals surface area contributed by atoms with E-state index in [-0.39, 0.29) is 0 Å². The van der Waals surface area contributed by atoms with Gasteiger partial charge in [0.25, 0.3) is 0 Å². The standard InChI is InChI=1S/C17H16ClN3/c1-12-8-9-14(18)10-16(12)20-17-19-13(2)11-21(17)15-6-4-3-5-7-15/h3-11H,1-2H3,(H,19,20). The van der Waals surface area contributed by atoms with Crippen LogP contribution in [0.3, 0.4) is 0 Å². The first kappa shape index (κ1) is 13.7. The van der Waals surface area contributed by atoms with E-state index in [1.165, 1.54) is 0 Å². The van der Waals surface area contributed by atoms with Crippen molar-refractivity contribution in [3.05, 3.63) is 71.0 Å². The molecule has 0 amide bonds. The van der Waals surface area contributed by atoms with Crippen LogP contribution in [-0.4, -0.2) is 9.55 Å². The van der Waals surface area contributed by atoms with Gasteiger partial charge < -0.3 is 5.32 Å². The largest absolute Gasteiger partial charge is 0.325 e. The number of nitrogens with one attached hydrogen (secondary N) is 1. The summed E-state index contributed by atoms with van der Waals surface area (Å²) in [5, 5.41) is 4.07. The van der Waals surface area contributed by atoms with Gasteiger partial charge >= 0.3 is 0 Å². The SMILES string of the molecule is Cc1cn(-c2ccccc2)c(Nc2cc(Cl)ccc2C)n1. The minimum Gasteiger partial charge on any atom is -0.325 e. The molecule has 0 bridgehead atoms. The Bertz CT molecular complexity index is 763. The Morgan fingerprint density at radius 1 is 1.05 bits per heavy atom. The normalized spacial score (nSPS) is 10.6. The lowest BCUT2D eigenvalue weighted by molar-refractivity contribution is 1.06. The molecule has 0 atom stereocenters. The highest BCUT2D eigenvalue weighted by Crippen LogP contribution is 2.25. The number of aromatic nitrogens is 2. The second-order valence-electron chi connectivity index (χ2n) is 5.00. The maximum Gasteiger partial charge on any atom is 0.212 e. The second-order valence-corrected chi connectivity index (χ2v) is 5.43. The van der Waals surface area contributed by atoms with Crippen molar-refractivity contribution >= 4 is 23.2 Å². The molecule has 0 aliphatic carbocycles. The van der Waals surface area contributed by atoms with E-state index < -0.39 is 0 Å². The second kappa shape index (κ2) is 5.62. The zero-order chi connectivity index (χ0) is 14.8. The summed E-state index contributed by atoms with van der Waals surface area (Å²) in [7, 11) is 0. The molecule has 0 unspecified atom stereocenters. The summed E-state index contributed by atoms with van der Waals surface area (Å²) in [4.78, 5) is 4.56. The van der Waals surface area contributed by atoms with E-state index in [1.54, 1.807) is 0 Å². The molecule has 2 aromatic carbocycles. The van der Waals surface area contributed by atoms with Gasteiger partial charge in [0, 0.05) is 22.6 Å². The van der Waals surface area contributed by atoms with Crippen LogP contribution in [0, 0.1) is 13.8 Å². The molecular weight excluding hydrogens is 282 g/mol. The van der Waals surface area contributed by atoms with Crippen molar-refractivity contribution in [3.8, 4) is 5.69 Å². The number of imidazole rings is 1. The number of hydrogen-bond acceptors (Lipinski definition) is 2. The van der Waals surface area contributed by atoms with Crippen molar-refractivity contribution in [2.24, 2.45) is 0 Å². The van der Waals surface area contributed by atoms with Crippen LogP contribution < -0.4 is 5.32 Å². The Morgan fingerprint density at radius 3 is 2.57 bits per heavy atom. The highest BCUT2D eigenvalue weighted by Gasteiger charge is 2.09. The van der Waals surface area contributed by atoms with Crippen molar-refractivity contribution in [3.63, 3.8) is 0 Å². The Kier molecular flexibility index (Phi) is 3.67. The van der Waals surface area contributed by atoms with E-state index in [2.05, 4.69) is 22.4 Å². The molecule has 1 aromatic heterocycles. The first-order chi connectivity index (χ1) is 10.1. The molecule has 0 saturated carbocycles. The number of para-hydroxylation sites is 1. The summed E-state index contributed by atoms with van der Waals surface area (Å²) >= 11 is 6.08.